The van der Waals surface area contributed by atoms with Crippen LogP contribution in [0.15, 0.2) is 17.3 Å². The number of nitrogen functional groups attached to an aromatic ring is 1. The van der Waals surface area contributed by atoms with E-state index < -0.39 is 10.0 Å². The second kappa shape index (κ2) is 5.63. The van der Waals surface area contributed by atoms with Gasteiger partial charge in [0.25, 0.3) is 0 Å². The number of nitrogens with two attached hydrogens (primary N) is 1. The molecule has 1 aromatic rings. The normalized spacial score (nSPS) is 28.3. The summed E-state index contributed by atoms with van der Waals surface area (Å²) in [5.74, 6) is 6.05. The van der Waals surface area contributed by atoms with E-state index in [2.05, 4.69) is 29.2 Å². The van der Waals surface area contributed by atoms with E-state index >= 15 is 0 Å². The molecular weight excluding hydrogens is 278 g/mol. The molecule has 0 aliphatic carbocycles. The van der Waals surface area contributed by atoms with Crippen molar-refractivity contribution in [2.75, 3.05) is 12.0 Å². The van der Waals surface area contributed by atoms with Crippen LogP contribution in [-0.2, 0) is 10.0 Å². The minimum atomic E-state index is -3.56. The summed E-state index contributed by atoms with van der Waals surface area (Å²) in [6.45, 7) is 6.64. The van der Waals surface area contributed by atoms with Crippen molar-refractivity contribution in [2.45, 2.75) is 38.1 Å². The summed E-state index contributed by atoms with van der Waals surface area (Å²) in [5.41, 5.74) is 2.28. The monoisotopic (exact) mass is 299 g/mol. The Morgan fingerprint density at radius 2 is 1.90 bits per heavy atom. The highest BCUT2D eigenvalue weighted by atomic mass is 32.2. The molecule has 0 spiro atoms. The Hall–Kier alpha value is -1.25. The van der Waals surface area contributed by atoms with Gasteiger partial charge in [0.2, 0.25) is 16.0 Å². The van der Waals surface area contributed by atoms with Gasteiger partial charge in [0.1, 0.15) is 4.90 Å². The summed E-state index contributed by atoms with van der Waals surface area (Å²) >= 11 is 0. The second-order valence-corrected chi connectivity index (χ2v) is 7.41. The highest BCUT2D eigenvalue weighted by molar-refractivity contribution is 7.89. The fourth-order valence-electron chi connectivity index (χ4n) is 2.64. The average Bonchev–Trinajstić information content (AvgIpc) is 2.42. The van der Waals surface area contributed by atoms with Gasteiger partial charge < -0.3 is 0 Å². The van der Waals surface area contributed by atoms with Crippen LogP contribution in [0.1, 0.15) is 27.2 Å². The van der Waals surface area contributed by atoms with Gasteiger partial charge in [0.05, 0.1) is 12.4 Å². The van der Waals surface area contributed by atoms with Gasteiger partial charge in [0.15, 0.2) is 0 Å². The highest BCUT2D eigenvalue weighted by Crippen LogP contribution is 2.31. The van der Waals surface area contributed by atoms with Gasteiger partial charge in [-0.3, -0.25) is 5.43 Å². The largest absolute Gasteiger partial charge is 0.292 e. The van der Waals surface area contributed by atoms with Crippen molar-refractivity contribution in [3.05, 3.63) is 12.4 Å². The third-order valence-electron chi connectivity index (χ3n) is 3.91. The lowest BCUT2D eigenvalue weighted by molar-refractivity contribution is 0.157. The quantitative estimate of drug-likeness (QED) is 0.633. The Balaban J connectivity index is 2.32. The Morgan fingerprint density at radius 1 is 1.30 bits per heavy atom. The van der Waals surface area contributed by atoms with Crippen LogP contribution in [0, 0.1) is 11.8 Å². The van der Waals surface area contributed by atoms with E-state index in [1.165, 1.54) is 12.4 Å². The van der Waals surface area contributed by atoms with Crippen molar-refractivity contribution in [1.82, 2.24) is 14.3 Å². The average molecular weight is 299 g/mol. The first-order valence-electron chi connectivity index (χ1n) is 6.66. The molecule has 1 aliphatic heterocycles. The summed E-state index contributed by atoms with van der Waals surface area (Å²) in [4.78, 5) is 7.84. The maximum absolute atomic E-state index is 12.7. The Bertz CT molecular complexity index is 560. The smallest absolute Gasteiger partial charge is 0.246 e. The molecule has 3 atom stereocenters. The predicted molar refractivity (Wildman–Crippen MR) is 76.1 cm³/mol. The highest BCUT2D eigenvalue weighted by Gasteiger charge is 2.37. The van der Waals surface area contributed by atoms with Crippen molar-refractivity contribution in [3.8, 4) is 0 Å². The third kappa shape index (κ3) is 2.77. The molecule has 3 unspecified atom stereocenters. The summed E-state index contributed by atoms with van der Waals surface area (Å²) in [7, 11) is -3.56. The molecule has 7 nitrogen and oxygen atoms in total. The number of sulfonamides is 1. The second-order valence-electron chi connectivity index (χ2n) is 5.52. The van der Waals surface area contributed by atoms with Crippen molar-refractivity contribution in [2.24, 2.45) is 17.7 Å². The molecule has 0 radical (unpaired) electrons. The van der Waals surface area contributed by atoms with E-state index in [4.69, 9.17) is 5.84 Å². The van der Waals surface area contributed by atoms with E-state index in [1.807, 2.05) is 6.92 Å². The summed E-state index contributed by atoms with van der Waals surface area (Å²) in [5, 5.41) is 0. The molecule has 1 fully saturated rings. The van der Waals surface area contributed by atoms with Crippen LogP contribution in [0.25, 0.3) is 0 Å². The zero-order valence-electron chi connectivity index (χ0n) is 11.9. The number of nitrogens with one attached hydrogen (secondary N) is 1. The lowest BCUT2D eigenvalue weighted by atomic mass is 9.88. The van der Waals surface area contributed by atoms with Crippen LogP contribution < -0.4 is 11.3 Å². The minimum absolute atomic E-state index is 0.0245. The molecule has 0 saturated carbocycles. The van der Waals surface area contributed by atoms with Gasteiger partial charge in [-0.2, -0.15) is 4.31 Å². The SMILES string of the molecule is CC1CC(C)C(C)N(S(=O)(=O)c2cnc(NN)nc2)C1. The number of anilines is 1. The lowest BCUT2D eigenvalue weighted by Gasteiger charge is -2.39. The molecule has 0 bridgehead atoms. The molecule has 0 amide bonds. The van der Waals surface area contributed by atoms with E-state index in [1.54, 1.807) is 4.31 Å². The Labute approximate surface area is 119 Å². The fourth-order valence-corrected chi connectivity index (χ4v) is 4.38. The summed E-state index contributed by atoms with van der Waals surface area (Å²) in [6.07, 6.45) is 3.61. The standard InChI is InChI=1S/C12H21N5O2S/c1-8-4-9(2)10(3)17(7-8)20(18,19)11-5-14-12(16-13)15-6-11/h5-6,8-10H,4,7,13H2,1-3H3,(H,14,15,16). The molecule has 1 aromatic heterocycles. The van der Waals surface area contributed by atoms with E-state index in [9.17, 15) is 8.42 Å². The third-order valence-corrected chi connectivity index (χ3v) is 5.81. The van der Waals surface area contributed by atoms with Crippen molar-refractivity contribution < 1.29 is 8.42 Å². The van der Waals surface area contributed by atoms with Crippen LogP contribution >= 0.6 is 0 Å². The van der Waals surface area contributed by atoms with Gasteiger partial charge in [-0.25, -0.2) is 24.2 Å². The molecular formula is C12H21N5O2S. The van der Waals surface area contributed by atoms with E-state index in [0.29, 0.717) is 18.4 Å². The van der Waals surface area contributed by atoms with Crippen LogP contribution in [-0.4, -0.2) is 35.3 Å². The molecule has 112 valence electrons. The first-order chi connectivity index (χ1) is 9.36. The number of hydrogen-bond donors (Lipinski definition) is 2. The number of hydrogen-bond acceptors (Lipinski definition) is 6. The topological polar surface area (TPSA) is 101 Å². The number of nitrogens with zero attached hydrogens (tertiary/aromatic N) is 3. The van der Waals surface area contributed by atoms with Crippen LogP contribution in [0.2, 0.25) is 0 Å². The first-order valence-corrected chi connectivity index (χ1v) is 8.10. The molecule has 1 aliphatic rings. The maximum atomic E-state index is 12.7. The number of piperidine rings is 1. The number of rotatable bonds is 3. The summed E-state index contributed by atoms with van der Waals surface area (Å²) in [6, 6.07) is -0.0245. The van der Waals surface area contributed by atoms with Crippen molar-refractivity contribution in [3.63, 3.8) is 0 Å². The molecule has 1 saturated heterocycles. The fraction of sp³-hybridized carbons (Fsp3) is 0.667. The predicted octanol–water partition coefficient (Wildman–Crippen LogP) is 0.817. The van der Waals surface area contributed by atoms with Gasteiger partial charge in [-0.1, -0.05) is 13.8 Å². The number of aromatic nitrogens is 2. The Kier molecular flexibility index (Phi) is 4.26. The molecule has 20 heavy (non-hydrogen) atoms. The molecule has 0 aromatic carbocycles. The lowest BCUT2D eigenvalue weighted by Crippen LogP contribution is -2.48. The Morgan fingerprint density at radius 3 is 2.45 bits per heavy atom. The van der Waals surface area contributed by atoms with Crippen LogP contribution in [0.4, 0.5) is 5.95 Å². The van der Waals surface area contributed by atoms with Crippen LogP contribution in [0.5, 0.6) is 0 Å². The molecule has 2 heterocycles. The van der Waals surface area contributed by atoms with Crippen molar-refractivity contribution in [1.29, 1.82) is 0 Å². The zero-order valence-corrected chi connectivity index (χ0v) is 12.8. The van der Waals surface area contributed by atoms with E-state index in [0.717, 1.165) is 6.42 Å². The van der Waals surface area contributed by atoms with Crippen molar-refractivity contribution >= 4 is 16.0 Å². The number of hydrazine groups is 1. The zero-order chi connectivity index (χ0) is 14.9. The minimum Gasteiger partial charge on any atom is -0.292 e. The maximum Gasteiger partial charge on any atom is 0.246 e. The van der Waals surface area contributed by atoms with Gasteiger partial charge in [-0.15, -0.1) is 0 Å². The first kappa shape index (κ1) is 15.1. The molecule has 3 N–H and O–H groups in total. The van der Waals surface area contributed by atoms with Gasteiger partial charge >= 0.3 is 0 Å². The van der Waals surface area contributed by atoms with Gasteiger partial charge in [0, 0.05) is 12.6 Å². The van der Waals surface area contributed by atoms with Crippen LogP contribution in [0.3, 0.4) is 0 Å². The molecule has 2 rings (SSSR count). The molecule has 8 heteroatoms. The van der Waals surface area contributed by atoms with E-state index in [-0.39, 0.29) is 16.9 Å². The summed E-state index contributed by atoms with van der Waals surface area (Å²) < 4.78 is 26.9. The van der Waals surface area contributed by atoms with Gasteiger partial charge in [-0.05, 0) is 25.2 Å².